The zero-order chi connectivity index (χ0) is 22.3. The van der Waals surface area contributed by atoms with Gasteiger partial charge in [0.05, 0.1) is 33.3 Å². The first-order chi connectivity index (χ1) is 14.8. The molecule has 0 N–H and O–H groups in total. The van der Waals surface area contributed by atoms with E-state index in [2.05, 4.69) is 10.2 Å². The summed E-state index contributed by atoms with van der Waals surface area (Å²) in [7, 11) is 0. The van der Waals surface area contributed by atoms with Crippen LogP contribution in [0, 0.1) is 30.9 Å². The molecule has 2 aromatic carbocycles. The number of non-ortho nitro benzene ring substituents is 1. The highest BCUT2D eigenvalue weighted by Gasteiger charge is 2.30. The maximum absolute atomic E-state index is 13.1. The lowest BCUT2D eigenvalue weighted by atomic mass is 10.1. The summed E-state index contributed by atoms with van der Waals surface area (Å²) in [5.74, 6) is -0.200. The van der Waals surface area contributed by atoms with Crippen molar-refractivity contribution in [2.75, 3.05) is 5.01 Å². The molecule has 0 saturated heterocycles. The molecule has 0 saturated carbocycles. The molecule has 3 aromatic rings. The van der Waals surface area contributed by atoms with Gasteiger partial charge in [0.15, 0.2) is 0 Å². The molecule has 156 valence electrons. The Bertz CT molecular complexity index is 1290. The average molecular weight is 415 g/mol. The van der Waals surface area contributed by atoms with E-state index in [1.807, 2.05) is 45.0 Å². The van der Waals surface area contributed by atoms with Gasteiger partial charge in [-0.25, -0.2) is 4.68 Å². The van der Waals surface area contributed by atoms with Crippen LogP contribution in [0.5, 0.6) is 0 Å². The quantitative estimate of drug-likeness (QED) is 0.356. The lowest BCUT2D eigenvalue weighted by Gasteiger charge is -2.14. The number of hydrogen-bond acceptors (Lipinski definition) is 5. The second-order valence-electron chi connectivity index (χ2n) is 7.42. The van der Waals surface area contributed by atoms with Crippen molar-refractivity contribution in [2.24, 2.45) is 5.10 Å². The van der Waals surface area contributed by atoms with Crippen LogP contribution < -0.4 is 5.01 Å². The molecule has 0 spiro atoms. The van der Waals surface area contributed by atoms with Crippen molar-refractivity contribution in [3.63, 3.8) is 0 Å². The van der Waals surface area contributed by atoms with Crippen LogP contribution in [0.2, 0.25) is 0 Å². The number of aryl methyl sites for hydroxylation is 2. The molecule has 2 heterocycles. The number of para-hydroxylation sites is 1. The lowest BCUT2D eigenvalue weighted by Crippen LogP contribution is -2.22. The van der Waals surface area contributed by atoms with Crippen LogP contribution in [0.1, 0.15) is 29.4 Å². The number of benzene rings is 2. The van der Waals surface area contributed by atoms with Crippen LogP contribution in [-0.2, 0) is 4.79 Å². The first kappa shape index (κ1) is 20.2. The summed E-state index contributed by atoms with van der Waals surface area (Å²) < 4.78 is 1.65. The van der Waals surface area contributed by atoms with E-state index in [1.54, 1.807) is 29.8 Å². The Morgan fingerprint density at radius 1 is 1.03 bits per heavy atom. The van der Waals surface area contributed by atoms with E-state index in [0.29, 0.717) is 22.7 Å². The third-order valence-electron chi connectivity index (χ3n) is 5.33. The minimum Gasteiger partial charge on any atom is -0.267 e. The summed E-state index contributed by atoms with van der Waals surface area (Å²) in [6.45, 7) is 7.46. The van der Waals surface area contributed by atoms with E-state index in [0.717, 1.165) is 22.5 Å². The molecule has 0 radical (unpaired) electrons. The van der Waals surface area contributed by atoms with Gasteiger partial charge in [0.1, 0.15) is 0 Å². The second-order valence-corrected chi connectivity index (χ2v) is 7.42. The highest BCUT2D eigenvalue weighted by atomic mass is 16.6. The van der Waals surface area contributed by atoms with Gasteiger partial charge in [-0.1, -0.05) is 24.3 Å². The van der Waals surface area contributed by atoms with Gasteiger partial charge in [-0.2, -0.15) is 15.2 Å². The second kappa shape index (κ2) is 7.64. The maximum atomic E-state index is 13.1. The van der Waals surface area contributed by atoms with Crippen molar-refractivity contribution in [2.45, 2.75) is 27.7 Å². The third-order valence-corrected chi connectivity index (χ3v) is 5.33. The predicted molar refractivity (Wildman–Crippen MR) is 119 cm³/mol. The first-order valence-corrected chi connectivity index (χ1v) is 9.76. The van der Waals surface area contributed by atoms with Gasteiger partial charge < -0.3 is 0 Å². The van der Waals surface area contributed by atoms with Crippen molar-refractivity contribution < 1.29 is 9.72 Å². The van der Waals surface area contributed by atoms with Crippen LogP contribution in [0.15, 0.2) is 59.2 Å². The number of hydrogen-bond donors (Lipinski definition) is 0. The Morgan fingerprint density at radius 2 is 1.77 bits per heavy atom. The molecule has 1 amide bonds. The molecule has 4 rings (SSSR count). The summed E-state index contributed by atoms with van der Waals surface area (Å²) >= 11 is 0. The van der Waals surface area contributed by atoms with Gasteiger partial charge in [-0.15, -0.1) is 0 Å². The SMILES string of the molecule is CC1=NN(c2ccccc2C)C(=O)/C1=C/c1c(C)nn(-c2cccc([N+](=O)[O-])c2)c1C. The summed E-state index contributed by atoms with van der Waals surface area (Å²) in [5.41, 5.74) is 5.68. The van der Waals surface area contributed by atoms with Crippen LogP contribution in [0.3, 0.4) is 0 Å². The van der Waals surface area contributed by atoms with Gasteiger partial charge >= 0.3 is 0 Å². The first-order valence-electron chi connectivity index (χ1n) is 9.76. The van der Waals surface area contributed by atoms with Gasteiger partial charge in [-0.05, 0) is 51.5 Å². The summed E-state index contributed by atoms with van der Waals surface area (Å²) in [6.07, 6.45) is 1.80. The van der Waals surface area contributed by atoms with E-state index in [4.69, 9.17) is 0 Å². The lowest BCUT2D eigenvalue weighted by molar-refractivity contribution is -0.384. The number of aromatic nitrogens is 2. The van der Waals surface area contributed by atoms with Crippen LogP contribution in [-0.4, -0.2) is 26.3 Å². The molecular weight excluding hydrogens is 394 g/mol. The molecule has 0 bridgehead atoms. The topological polar surface area (TPSA) is 93.6 Å². The Hall–Kier alpha value is -4.07. The Labute approximate surface area is 179 Å². The molecule has 1 aromatic heterocycles. The largest absolute Gasteiger partial charge is 0.280 e. The Morgan fingerprint density at radius 3 is 2.48 bits per heavy atom. The number of carbonyl (C=O) groups excluding carboxylic acids is 1. The van der Waals surface area contributed by atoms with Gasteiger partial charge in [0, 0.05) is 23.4 Å². The molecule has 1 aliphatic rings. The Balaban J connectivity index is 1.74. The van der Waals surface area contributed by atoms with E-state index in [-0.39, 0.29) is 11.6 Å². The Kier molecular flexibility index (Phi) is 4.98. The molecule has 8 nitrogen and oxygen atoms in total. The monoisotopic (exact) mass is 415 g/mol. The van der Waals surface area contributed by atoms with E-state index < -0.39 is 4.92 Å². The number of nitro groups is 1. The average Bonchev–Trinajstić information content (AvgIpc) is 3.19. The number of nitro benzene ring substituents is 1. The van der Waals surface area contributed by atoms with Gasteiger partial charge in [-0.3, -0.25) is 14.9 Å². The molecule has 0 fully saturated rings. The number of rotatable bonds is 4. The fourth-order valence-electron chi connectivity index (χ4n) is 3.65. The number of amides is 1. The summed E-state index contributed by atoms with van der Waals surface area (Å²) in [5, 5.41) is 21.6. The number of nitrogens with zero attached hydrogens (tertiary/aromatic N) is 5. The summed E-state index contributed by atoms with van der Waals surface area (Å²) in [4.78, 5) is 23.8. The number of carbonyl (C=O) groups is 1. The molecule has 31 heavy (non-hydrogen) atoms. The van der Waals surface area contributed by atoms with E-state index >= 15 is 0 Å². The van der Waals surface area contributed by atoms with Crippen molar-refractivity contribution in [3.05, 3.63) is 86.7 Å². The molecule has 1 aliphatic heterocycles. The molecular formula is C23H21N5O3. The van der Waals surface area contributed by atoms with Crippen LogP contribution in [0.4, 0.5) is 11.4 Å². The summed E-state index contributed by atoms with van der Waals surface area (Å²) in [6, 6.07) is 13.9. The predicted octanol–water partition coefficient (Wildman–Crippen LogP) is 4.51. The van der Waals surface area contributed by atoms with Gasteiger partial charge in [0.25, 0.3) is 11.6 Å². The molecule has 8 heteroatoms. The van der Waals surface area contributed by atoms with Crippen molar-refractivity contribution in [1.82, 2.24) is 9.78 Å². The van der Waals surface area contributed by atoms with E-state index in [9.17, 15) is 14.9 Å². The minimum atomic E-state index is -0.435. The highest BCUT2D eigenvalue weighted by Crippen LogP contribution is 2.29. The zero-order valence-electron chi connectivity index (χ0n) is 17.7. The zero-order valence-corrected chi connectivity index (χ0v) is 17.7. The van der Waals surface area contributed by atoms with Crippen molar-refractivity contribution >= 4 is 29.1 Å². The number of hydrazone groups is 1. The van der Waals surface area contributed by atoms with Crippen LogP contribution in [0.25, 0.3) is 11.8 Å². The highest BCUT2D eigenvalue weighted by molar-refractivity contribution is 6.32. The number of anilines is 1. The van der Waals surface area contributed by atoms with Crippen LogP contribution >= 0.6 is 0 Å². The maximum Gasteiger partial charge on any atom is 0.280 e. The third kappa shape index (κ3) is 3.52. The van der Waals surface area contributed by atoms with Gasteiger partial charge in [0.2, 0.25) is 0 Å². The fourth-order valence-corrected chi connectivity index (χ4v) is 3.65. The minimum absolute atomic E-state index is 0.00669. The van der Waals surface area contributed by atoms with Crippen molar-refractivity contribution in [3.8, 4) is 5.69 Å². The standard InChI is InChI=1S/C23H21N5O3/c1-14-8-5-6-11-22(14)27-23(29)21(16(3)25-27)13-20-15(2)24-26(17(20)4)18-9-7-10-19(12-18)28(30)31/h5-13H,1-4H3/b21-13+. The van der Waals surface area contributed by atoms with E-state index in [1.165, 1.54) is 17.1 Å². The molecule has 0 atom stereocenters. The normalized spacial score (nSPS) is 15.0. The fraction of sp³-hybridized carbons (Fsp3) is 0.174. The molecule has 0 unspecified atom stereocenters. The smallest absolute Gasteiger partial charge is 0.267 e. The molecule has 0 aliphatic carbocycles. The van der Waals surface area contributed by atoms with Crippen molar-refractivity contribution in [1.29, 1.82) is 0 Å².